The van der Waals surface area contributed by atoms with Gasteiger partial charge in [0.1, 0.15) is 0 Å². The smallest absolute Gasteiger partial charge is 0.0962 e. The van der Waals surface area contributed by atoms with Crippen LogP contribution >= 0.6 is 11.3 Å². The number of aryl methyl sites for hydroxylation is 1. The fraction of sp³-hybridized carbons (Fsp3) is 0.786. The Morgan fingerprint density at radius 2 is 2.00 bits per heavy atom. The SMILES string of the molecule is Cc1nc(C2CCCCC2)sc1CNC(C)C. The number of hydrogen-bond acceptors (Lipinski definition) is 3. The summed E-state index contributed by atoms with van der Waals surface area (Å²) in [6.07, 6.45) is 6.91. The van der Waals surface area contributed by atoms with E-state index in [2.05, 4.69) is 26.1 Å². The summed E-state index contributed by atoms with van der Waals surface area (Å²) in [5.41, 5.74) is 1.24. The minimum absolute atomic E-state index is 0.551. The van der Waals surface area contributed by atoms with E-state index in [1.54, 1.807) is 0 Å². The van der Waals surface area contributed by atoms with Gasteiger partial charge in [0.2, 0.25) is 0 Å². The van der Waals surface area contributed by atoms with Crippen molar-refractivity contribution >= 4 is 11.3 Å². The molecule has 96 valence electrons. The van der Waals surface area contributed by atoms with Gasteiger partial charge < -0.3 is 5.32 Å². The maximum atomic E-state index is 4.79. The largest absolute Gasteiger partial charge is 0.310 e. The maximum absolute atomic E-state index is 4.79. The van der Waals surface area contributed by atoms with Crippen LogP contribution < -0.4 is 5.32 Å². The molecule has 1 fully saturated rings. The molecule has 1 saturated carbocycles. The molecule has 0 atom stereocenters. The van der Waals surface area contributed by atoms with Crippen LogP contribution in [0, 0.1) is 6.92 Å². The summed E-state index contributed by atoms with van der Waals surface area (Å²) in [5, 5.41) is 4.88. The van der Waals surface area contributed by atoms with Gasteiger partial charge >= 0.3 is 0 Å². The highest BCUT2D eigenvalue weighted by Crippen LogP contribution is 2.35. The van der Waals surface area contributed by atoms with Crippen molar-refractivity contribution in [1.29, 1.82) is 0 Å². The molecule has 0 aliphatic heterocycles. The minimum atomic E-state index is 0.551. The highest BCUT2D eigenvalue weighted by Gasteiger charge is 2.20. The molecule has 1 heterocycles. The molecule has 0 spiro atoms. The van der Waals surface area contributed by atoms with Crippen LogP contribution in [0.1, 0.15) is 67.4 Å². The van der Waals surface area contributed by atoms with Gasteiger partial charge in [0.15, 0.2) is 0 Å². The molecule has 1 N–H and O–H groups in total. The number of hydrogen-bond donors (Lipinski definition) is 1. The Morgan fingerprint density at radius 3 is 2.65 bits per heavy atom. The van der Waals surface area contributed by atoms with Gasteiger partial charge in [0, 0.05) is 23.4 Å². The van der Waals surface area contributed by atoms with Crippen molar-refractivity contribution in [1.82, 2.24) is 10.3 Å². The zero-order chi connectivity index (χ0) is 12.3. The van der Waals surface area contributed by atoms with E-state index in [0.29, 0.717) is 6.04 Å². The number of rotatable bonds is 4. The normalized spacial score (nSPS) is 17.9. The molecule has 0 aromatic carbocycles. The lowest BCUT2D eigenvalue weighted by Crippen LogP contribution is -2.21. The Balaban J connectivity index is 2.01. The molecule has 0 amide bonds. The summed E-state index contributed by atoms with van der Waals surface area (Å²) in [4.78, 5) is 6.22. The quantitative estimate of drug-likeness (QED) is 0.876. The predicted octanol–water partition coefficient (Wildman–Crippen LogP) is 4.00. The standard InChI is InChI=1S/C14H24N2S/c1-10(2)15-9-13-11(3)16-14(17-13)12-7-5-4-6-8-12/h10,12,15H,4-9H2,1-3H3. The summed E-state index contributed by atoms with van der Waals surface area (Å²) < 4.78 is 0. The van der Waals surface area contributed by atoms with Crippen LogP contribution in [0.15, 0.2) is 0 Å². The Labute approximate surface area is 109 Å². The lowest BCUT2D eigenvalue weighted by atomic mass is 9.90. The van der Waals surface area contributed by atoms with Crippen molar-refractivity contribution in [2.45, 2.75) is 71.4 Å². The molecule has 0 radical (unpaired) electrons. The molecule has 2 nitrogen and oxygen atoms in total. The van der Waals surface area contributed by atoms with E-state index in [-0.39, 0.29) is 0 Å². The van der Waals surface area contributed by atoms with Crippen LogP contribution in [0.2, 0.25) is 0 Å². The van der Waals surface area contributed by atoms with Crippen molar-refractivity contribution in [3.05, 3.63) is 15.6 Å². The second kappa shape index (κ2) is 5.96. The third kappa shape index (κ3) is 3.52. The van der Waals surface area contributed by atoms with Crippen LogP contribution in [0.5, 0.6) is 0 Å². The van der Waals surface area contributed by atoms with Crippen LogP contribution in [0.25, 0.3) is 0 Å². The summed E-state index contributed by atoms with van der Waals surface area (Å²) >= 11 is 1.93. The number of nitrogens with zero attached hydrogens (tertiary/aromatic N) is 1. The third-order valence-electron chi connectivity index (χ3n) is 3.53. The fourth-order valence-corrected chi connectivity index (χ4v) is 3.62. The van der Waals surface area contributed by atoms with Gasteiger partial charge in [-0.15, -0.1) is 11.3 Å². The first-order chi connectivity index (χ1) is 8.16. The molecule has 1 aromatic heterocycles. The van der Waals surface area contributed by atoms with E-state index in [4.69, 9.17) is 4.98 Å². The highest BCUT2D eigenvalue weighted by molar-refractivity contribution is 7.11. The van der Waals surface area contributed by atoms with E-state index in [1.807, 2.05) is 11.3 Å². The van der Waals surface area contributed by atoms with Gasteiger partial charge in [-0.25, -0.2) is 4.98 Å². The third-order valence-corrected chi connectivity index (χ3v) is 4.85. The van der Waals surface area contributed by atoms with E-state index >= 15 is 0 Å². The molecule has 0 unspecified atom stereocenters. The number of nitrogens with one attached hydrogen (secondary N) is 1. The molecule has 17 heavy (non-hydrogen) atoms. The van der Waals surface area contributed by atoms with Crippen LogP contribution in [-0.4, -0.2) is 11.0 Å². The second-order valence-electron chi connectivity index (χ2n) is 5.43. The summed E-state index contributed by atoms with van der Waals surface area (Å²) in [5.74, 6) is 0.750. The van der Waals surface area contributed by atoms with Crippen molar-refractivity contribution < 1.29 is 0 Å². The van der Waals surface area contributed by atoms with Gasteiger partial charge in [-0.05, 0) is 19.8 Å². The lowest BCUT2D eigenvalue weighted by Gasteiger charge is -2.18. The van der Waals surface area contributed by atoms with Gasteiger partial charge in [0.05, 0.1) is 10.7 Å². The molecule has 2 rings (SSSR count). The fourth-order valence-electron chi connectivity index (χ4n) is 2.44. The van der Waals surface area contributed by atoms with E-state index < -0.39 is 0 Å². The molecule has 3 heteroatoms. The molecule has 0 saturated heterocycles. The zero-order valence-corrected chi connectivity index (χ0v) is 12.1. The second-order valence-corrected chi connectivity index (χ2v) is 6.55. The lowest BCUT2D eigenvalue weighted by molar-refractivity contribution is 0.442. The maximum Gasteiger partial charge on any atom is 0.0962 e. The molecular formula is C14H24N2S. The van der Waals surface area contributed by atoms with Crippen molar-refractivity contribution in [3.8, 4) is 0 Å². The molecule has 1 aromatic rings. The van der Waals surface area contributed by atoms with Gasteiger partial charge in [-0.1, -0.05) is 33.1 Å². The molecule has 0 bridgehead atoms. The van der Waals surface area contributed by atoms with Crippen LogP contribution in [0.3, 0.4) is 0 Å². The van der Waals surface area contributed by atoms with Gasteiger partial charge in [0.25, 0.3) is 0 Å². The summed E-state index contributed by atoms with van der Waals surface area (Å²) in [6.45, 7) is 7.52. The molecule has 1 aliphatic carbocycles. The summed E-state index contributed by atoms with van der Waals surface area (Å²) in [6, 6.07) is 0.551. The molecule has 1 aliphatic rings. The highest BCUT2D eigenvalue weighted by atomic mass is 32.1. The number of aromatic nitrogens is 1. The molecular weight excluding hydrogens is 228 g/mol. The first-order valence-electron chi connectivity index (χ1n) is 6.86. The zero-order valence-electron chi connectivity index (χ0n) is 11.3. The van der Waals surface area contributed by atoms with Crippen molar-refractivity contribution in [2.75, 3.05) is 0 Å². The Morgan fingerprint density at radius 1 is 1.29 bits per heavy atom. The first kappa shape index (κ1) is 13.0. The van der Waals surface area contributed by atoms with Crippen molar-refractivity contribution in [3.63, 3.8) is 0 Å². The van der Waals surface area contributed by atoms with E-state index in [9.17, 15) is 0 Å². The van der Waals surface area contributed by atoms with Gasteiger partial charge in [-0.3, -0.25) is 0 Å². The van der Waals surface area contributed by atoms with E-state index in [0.717, 1.165) is 12.5 Å². The Bertz CT molecular complexity index is 351. The Hall–Kier alpha value is -0.410. The Kier molecular flexibility index (Phi) is 4.57. The average Bonchev–Trinajstić information content (AvgIpc) is 2.69. The minimum Gasteiger partial charge on any atom is -0.310 e. The monoisotopic (exact) mass is 252 g/mol. The predicted molar refractivity (Wildman–Crippen MR) is 74.7 cm³/mol. The van der Waals surface area contributed by atoms with Gasteiger partial charge in [-0.2, -0.15) is 0 Å². The average molecular weight is 252 g/mol. The van der Waals surface area contributed by atoms with Crippen molar-refractivity contribution in [2.24, 2.45) is 0 Å². The number of thiazole rings is 1. The first-order valence-corrected chi connectivity index (χ1v) is 7.68. The van der Waals surface area contributed by atoms with Crippen LogP contribution in [0.4, 0.5) is 0 Å². The van der Waals surface area contributed by atoms with Crippen LogP contribution in [-0.2, 0) is 6.54 Å². The topological polar surface area (TPSA) is 24.9 Å². The van der Waals surface area contributed by atoms with E-state index in [1.165, 1.54) is 47.7 Å². The summed E-state index contributed by atoms with van der Waals surface area (Å²) in [7, 11) is 0.